The van der Waals surface area contributed by atoms with Crippen molar-refractivity contribution in [2.75, 3.05) is 6.54 Å². The first-order chi connectivity index (χ1) is 9.12. The number of rotatable bonds is 4. The van der Waals surface area contributed by atoms with Crippen LogP contribution in [0.25, 0.3) is 0 Å². The fourth-order valence-electron chi connectivity index (χ4n) is 3.74. The van der Waals surface area contributed by atoms with E-state index in [-0.39, 0.29) is 0 Å². The minimum absolute atomic E-state index is 0.530. The van der Waals surface area contributed by atoms with Crippen LogP contribution in [0.1, 0.15) is 62.8 Å². The number of fused-ring (bicyclic) bond motifs is 1. The van der Waals surface area contributed by atoms with E-state index in [4.69, 9.17) is 0 Å². The Balaban J connectivity index is 1.86. The third kappa shape index (κ3) is 2.58. The van der Waals surface area contributed by atoms with Gasteiger partial charge in [-0.25, -0.2) is 0 Å². The number of hydrogen-bond acceptors (Lipinski definition) is 1. The molecule has 0 amide bonds. The SMILES string of the molecule is CCNC(c1ccc2c(c1)CCCC2)C1CC1(C)C. The van der Waals surface area contributed by atoms with Gasteiger partial charge in [0.05, 0.1) is 0 Å². The molecule has 0 saturated heterocycles. The van der Waals surface area contributed by atoms with Crippen molar-refractivity contribution in [3.05, 3.63) is 34.9 Å². The summed E-state index contributed by atoms with van der Waals surface area (Å²) in [6.07, 6.45) is 6.68. The van der Waals surface area contributed by atoms with Gasteiger partial charge in [0.15, 0.2) is 0 Å². The highest BCUT2D eigenvalue weighted by Crippen LogP contribution is 2.57. The van der Waals surface area contributed by atoms with Crippen molar-refractivity contribution in [1.82, 2.24) is 5.32 Å². The second-order valence-electron chi connectivity index (χ2n) is 7.07. The van der Waals surface area contributed by atoms with Crippen molar-refractivity contribution in [3.8, 4) is 0 Å². The molecule has 3 rings (SSSR count). The Morgan fingerprint density at radius 1 is 1.21 bits per heavy atom. The van der Waals surface area contributed by atoms with E-state index in [9.17, 15) is 0 Å². The summed E-state index contributed by atoms with van der Waals surface area (Å²) in [6, 6.07) is 7.83. The summed E-state index contributed by atoms with van der Waals surface area (Å²) in [7, 11) is 0. The first kappa shape index (κ1) is 13.2. The van der Waals surface area contributed by atoms with Crippen LogP contribution in [0.2, 0.25) is 0 Å². The zero-order valence-corrected chi connectivity index (χ0v) is 12.6. The highest BCUT2D eigenvalue weighted by Gasteiger charge is 2.50. The van der Waals surface area contributed by atoms with E-state index < -0.39 is 0 Å². The summed E-state index contributed by atoms with van der Waals surface area (Å²) in [6.45, 7) is 8.09. The molecule has 0 heterocycles. The minimum Gasteiger partial charge on any atom is -0.310 e. The summed E-state index contributed by atoms with van der Waals surface area (Å²) in [4.78, 5) is 0. The van der Waals surface area contributed by atoms with Gasteiger partial charge in [0.25, 0.3) is 0 Å². The molecule has 0 spiro atoms. The lowest BCUT2D eigenvalue weighted by atomic mass is 9.87. The average molecular weight is 257 g/mol. The van der Waals surface area contributed by atoms with E-state index in [0.717, 1.165) is 12.5 Å². The van der Waals surface area contributed by atoms with Crippen molar-refractivity contribution < 1.29 is 0 Å². The molecule has 1 N–H and O–H groups in total. The zero-order chi connectivity index (χ0) is 13.5. The molecule has 1 heteroatoms. The Hall–Kier alpha value is -0.820. The van der Waals surface area contributed by atoms with Gasteiger partial charge in [-0.05, 0) is 66.7 Å². The van der Waals surface area contributed by atoms with Crippen molar-refractivity contribution in [2.24, 2.45) is 11.3 Å². The van der Waals surface area contributed by atoms with E-state index in [1.807, 2.05) is 0 Å². The van der Waals surface area contributed by atoms with Crippen LogP contribution in [-0.2, 0) is 12.8 Å². The molecule has 1 nitrogen and oxygen atoms in total. The molecule has 1 aromatic rings. The molecule has 0 bridgehead atoms. The molecular formula is C18H27N. The largest absolute Gasteiger partial charge is 0.310 e. The van der Waals surface area contributed by atoms with Crippen molar-refractivity contribution in [1.29, 1.82) is 0 Å². The van der Waals surface area contributed by atoms with Crippen molar-refractivity contribution in [3.63, 3.8) is 0 Å². The first-order valence-electron chi connectivity index (χ1n) is 7.97. The van der Waals surface area contributed by atoms with Gasteiger partial charge >= 0.3 is 0 Å². The van der Waals surface area contributed by atoms with Gasteiger partial charge in [0.2, 0.25) is 0 Å². The summed E-state index contributed by atoms with van der Waals surface area (Å²) in [5.41, 5.74) is 5.27. The molecule has 1 saturated carbocycles. The topological polar surface area (TPSA) is 12.0 Å². The van der Waals surface area contributed by atoms with Crippen molar-refractivity contribution >= 4 is 0 Å². The molecule has 0 radical (unpaired) electrons. The number of nitrogens with one attached hydrogen (secondary N) is 1. The molecule has 19 heavy (non-hydrogen) atoms. The Morgan fingerprint density at radius 2 is 1.89 bits per heavy atom. The first-order valence-corrected chi connectivity index (χ1v) is 7.97. The average Bonchev–Trinajstić information content (AvgIpc) is 3.04. The molecule has 2 aliphatic rings. The van der Waals surface area contributed by atoms with Gasteiger partial charge in [0, 0.05) is 6.04 Å². The van der Waals surface area contributed by atoms with Crippen LogP contribution >= 0.6 is 0 Å². The lowest BCUT2D eigenvalue weighted by Gasteiger charge is -2.23. The van der Waals surface area contributed by atoms with Crippen LogP contribution in [-0.4, -0.2) is 6.54 Å². The number of aryl methyl sites for hydroxylation is 2. The molecular weight excluding hydrogens is 230 g/mol. The van der Waals surface area contributed by atoms with E-state index in [0.29, 0.717) is 11.5 Å². The van der Waals surface area contributed by atoms with Gasteiger partial charge < -0.3 is 5.32 Å². The maximum Gasteiger partial charge on any atom is 0.0353 e. The summed E-state index contributed by atoms with van der Waals surface area (Å²) in [5.74, 6) is 0.814. The quantitative estimate of drug-likeness (QED) is 0.849. The fraction of sp³-hybridized carbons (Fsp3) is 0.667. The smallest absolute Gasteiger partial charge is 0.0353 e. The Labute approximate surface area is 117 Å². The maximum absolute atomic E-state index is 3.72. The predicted octanol–water partition coefficient (Wildman–Crippen LogP) is 4.26. The molecule has 104 valence electrons. The Bertz CT molecular complexity index is 461. The molecule has 0 aliphatic heterocycles. The van der Waals surface area contributed by atoms with Crippen LogP contribution < -0.4 is 5.32 Å². The molecule has 0 aromatic heterocycles. The van der Waals surface area contributed by atoms with E-state index >= 15 is 0 Å². The normalized spacial score (nSPS) is 25.7. The van der Waals surface area contributed by atoms with Gasteiger partial charge in [0.1, 0.15) is 0 Å². The summed E-state index contributed by atoms with van der Waals surface area (Å²) >= 11 is 0. The second-order valence-corrected chi connectivity index (χ2v) is 7.07. The predicted molar refractivity (Wildman–Crippen MR) is 81.4 cm³/mol. The molecule has 2 unspecified atom stereocenters. The van der Waals surface area contributed by atoms with Crippen LogP contribution in [0.5, 0.6) is 0 Å². The van der Waals surface area contributed by atoms with E-state index in [1.54, 1.807) is 11.1 Å². The van der Waals surface area contributed by atoms with Gasteiger partial charge in [-0.2, -0.15) is 0 Å². The molecule has 1 fully saturated rings. The Kier molecular flexibility index (Phi) is 3.42. The number of benzene rings is 1. The van der Waals surface area contributed by atoms with Crippen LogP contribution in [0.3, 0.4) is 0 Å². The van der Waals surface area contributed by atoms with Crippen LogP contribution in [0, 0.1) is 11.3 Å². The molecule has 2 aliphatic carbocycles. The minimum atomic E-state index is 0.530. The third-order valence-corrected chi connectivity index (χ3v) is 5.15. The van der Waals surface area contributed by atoms with Crippen LogP contribution in [0.15, 0.2) is 18.2 Å². The zero-order valence-electron chi connectivity index (χ0n) is 12.6. The van der Waals surface area contributed by atoms with Gasteiger partial charge in [-0.3, -0.25) is 0 Å². The fourth-order valence-corrected chi connectivity index (χ4v) is 3.74. The van der Waals surface area contributed by atoms with Crippen LogP contribution in [0.4, 0.5) is 0 Å². The van der Waals surface area contributed by atoms with Gasteiger partial charge in [-0.1, -0.05) is 39.0 Å². The molecule has 2 atom stereocenters. The third-order valence-electron chi connectivity index (χ3n) is 5.15. The summed E-state index contributed by atoms with van der Waals surface area (Å²) in [5, 5.41) is 3.72. The summed E-state index contributed by atoms with van der Waals surface area (Å²) < 4.78 is 0. The second kappa shape index (κ2) is 4.94. The highest BCUT2D eigenvalue weighted by molar-refractivity contribution is 5.36. The molecule has 1 aromatic carbocycles. The highest BCUT2D eigenvalue weighted by atomic mass is 14.9. The number of hydrogen-bond donors (Lipinski definition) is 1. The van der Waals surface area contributed by atoms with Crippen molar-refractivity contribution in [2.45, 2.75) is 58.9 Å². The van der Waals surface area contributed by atoms with E-state index in [1.165, 1.54) is 37.7 Å². The lowest BCUT2D eigenvalue weighted by molar-refractivity contribution is 0.423. The maximum atomic E-state index is 3.72. The standard InChI is InChI=1S/C18H27N/c1-4-19-17(16-12-18(16,2)3)15-10-9-13-7-5-6-8-14(13)11-15/h9-11,16-17,19H,4-8,12H2,1-3H3. The lowest BCUT2D eigenvalue weighted by Crippen LogP contribution is -2.24. The van der Waals surface area contributed by atoms with E-state index in [2.05, 4.69) is 44.3 Å². The Morgan fingerprint density at radius 3 is 2.53 bits per heavy atom. The monoisotopic (exact) mass is 257 g/mol. The van der Waals surface area contributed by atoms with Gasteiger partial charge in [-0.15, -0.1) is 0 Å².